The number of hydrogen-bond acceptors (Lipinski definition) is 7. The summed E-state index contributed by atoms with van der Waals surface area (Å²) in [4.78, 5) is 21.1. The van der Waals surface area contributed by atoms with E-state index in [-0.39, 0.29) is 11.4 Å². The van der Waals surface area contributed by atoms with E-state index >= 15 is 0 Å². The fraction of sp³-hybridized carbons (Fsp3) is 0.167. The van der Waals surface area contributed by atoms with Crippen LogP contribution in [0.3, 0.4) is 0 Å². The number of aromatic nitrogens is 5. The number of pyridine rings is 2. The fourth-order valence-corrected chi connectivity index (χ4v) is 2.67. The monoisotopic (exact) mass is 349 g/mol. The van der Waals surface area contributed by atoms with E-state index in [1.807, 2.05) is 13.8 Å². The lowest BCUT2D eigenvalue weighted by Crippen LogP contribution is -2.22. The van der Waals surface area contributed by atoms with Gasteiger partial charge in [0.15, 0.2) is 0 Å². The summed E-state index contributed by atoms with van der Waals surface area (Å²) in [7, 11) is 0. The summed E-state index contributed by atoms with van der Waals surface area (Å²) in [6.45, 7) is 4.03. The molecule has 8 nitrogen and oxygen atoms in total. The Labute approximate surface area is 148 Å². The summed E-state index contributed by atoms with van der Waals surface area (Å²) in [5.41, 5.74) is 2.52. The summed E-state index contributed by atoms with van der Waals surface area (Å²) in [5, 5.41) is 7.87. The summed E-state index contributed by atoms with van der Waals surface area (Å²) < 4.78 is 12.0. The summed E-state index contributed by atoms with van der Waals surface area (Å²) in [6.07, 6.45) is 4.99. The first kappa shape index (κ1) is 15.9. The minimum Gasteiger partial charge on any atom is -0.361 e. The highest BCUT2D eigenvalue weighted by Crippen LogP contribution is 2.20. The van der Waals surface area contributed by atoms with Crippen molar-refractivity contribution < 1.29 is 9.05 Å². The third kappa shape index (κ3) is 2.81. The molecule has 0 saturated carbocycles. The van der Waals surface area contributed by atoms with Gasteiger partial charge in [-0.15, -0.1) is 0 Å². The minimum atomic E-state index is -0.225. The van der Waals surface area contributed by atoms with Gasteiger partial charge in [-0.3, -0.25) is 9.78 Å². The molecule has 0 N–H and O–H groups in total. The zero-order valence-electron chi connectivity index (χ0n) is 14.2. The van der Waals surface area contributed by atoms with Crippen molar-refractivity contribution >= 4 is 0 Å². The van der Waals surface area contributed by atoms with Crippen LogP contribution in [0.2, 0.25) is 0 Å². The van der Waals surface area contributed by atoms with Crippen molar-refractivity contribution in [1.29, 1.82) is 0 Å². The Morgan fingerprint density at radius 1 is 1.08 bits per heavy atom. The van der Waals surface area contributed by atoms with Crippen molar-refractivity contribution in [3.05, 3.63) is 70.2 Å². The highest BCUT2D eigenvalue weighted by molar-refractivity contribution is 5.58. The molecule has 0 spiro atoms. The molecule has 0 aliphatic carbocycles. The van der Waals surface area contributed by atoms with E-state index in [0.717, 1.165) is 16.8 Å². The summed E-state index contributed by atoms with van der Waals surface area (Å²) in [5.74, 6) is 1.27. The van der Waals surface area contributed by atoms with Crippen LogP contribution in [0.15, 0.2) is 56.7 Å². The van der Waals surface area contributed by atoms with Crippen LogP contribution in [0.1, 0.15) is 17.0 Å². The molecule has 4 rings (SSSR count). The van der Waals surface area contributed by atoms with Gasteiger partial charge in [-0.05, 0) is 38.1 Å². The molecular formula is C18H15N5O3. The maximum atomic E-state index is 12.8. The molecule has 0 saturated heterocycles. The standard InChI is InChI=1S/C18H15N5O3/c1-11-15(12(2)25-21-11)10-23-9-3-4-14(18(23)24)17-20-16(22-26-17)13-5-7-19-8-6-13/h3-9H,10H2,1-2H3. The molecule has 4 aromatic heterocycles. The Morgan fingerprint density at radius 3 is 2.62 bits per heavy atom. The van der Waals surface area contributed by atoms with Gasteiger partial charge in [0.25, 0.3) is 11.4 Å². The number of hydrogen-bond donors (Lipinski definition) is 0. The quantitative estimate of drug-likeness (QED) is 0.558. The predicted molar refractivity (Wildman–Crippen MR) is 92.3 cm³/mol. The number of aryl methyl sites for hydroxylation is 2. The van der Waals surface area contributed by atoms with Gasteiger partial charge in [-0.2, -0.15) is 4.98 Å². The van der Waals surface area contributed by atoms with Crippen molar-refractivity contribution in [3.63, 3.8) is 0 Å². The van der Waals surface area contributed by atoms with E-state index in [9.17, 15) is 4.79 Å². The molecule has 8 heteroatoms. The second-order valence-electron chi connectivity index (χ2n) is 5.82. The van der Waals surface area contributed by atoms with E-state index in [1.54, 1.807) is 47.4 Å². The van der Waals surface area contributed by atoms with Gasteiger partial charge >= 0.3 is 0 Å². The second kappa shape index (κ2) is 6.40. The molecule has 0 atom stereocenters. The van der Waals surface area contributed by atoms with Crippen molar-refractivity contribution in [2.24, 2.45) is 0 Å². The molecule has 26 heavy (non-hydrogen) atoms. The normalized spacial score (nSPS) is 11.0. The van der Waals surface area contributed by atoms with E-state index in [2.05, 4.69) is 20.3 Å². The van der Waals surface area contributed by atoms with Gasteiger partial charge in [0, 0.05) is 29.7 Å². The van der Waals surface area contributed by atoms with E-state index in [4.69, 9.17) is 9.05 Å². The highest BCUT2D eigenvalue weighted by Gasteiger charge is 2.16. The Bertz CT molecular complexity index is 1090. The highest BCUT2D eigenvalue weighted by atomic mass is 16.5. The Kier molecular flexibility index (Phi) is 3.92. The summed E-state index contributed by atoms with van der Waals surface area (Å²) in [6, 6.07) is 6.98. The molecule has 0 aromatic carbocycles. The van der Waals surface area contributed by atoms with Crippen LogP contribution in [0.4, 0.5) is 0 Å². The molecule has 0 aliphatic rings. The molecule has 0 unspecified atom stereocenters. The predicted octanol–water partition coefficient (Wildman–Crippen LogP) is 2.61. The molecule has 0 amide bonds. The average molecular weight is 349 g/mol. The van der Waals surface area contributed by atoms with Crippen molar-refractivity contribution in [3.8, 4) is 22.8 Å². The lowest BCUT2D eigenvalue weighted by atomic mass is 10.2. The maximum Gasteiger partial charge on any atom is 0.263 e. The van der Waals surface area contributed by atoms with Crippen LogP contribution in [0.5, 0.6) is 0 Å². The van der Waals surface area contributed by atoms with Gasteiger partial charge in [0.05, 0.1) is 12.2 Å². The van der Waals surface area contributed by atoms with Crippen LogP contribution >= 0.6 is 0 Å². The molecule has 130 valence electrons. The van der Waals surface area contributed by atoms with Crippen LogP contribution in [-0.4, -0.2) is 24.8 Å². The molecule has 0 aliphatic heterocycles. The molecule has 0 bridgehead atoms. The lowest BCUT2D eigenvalue weighted by Gasteiger charge is -2.06. The third-order valence-electron chi connectivity index (χ3n) is 4.12. The Balaban J connectivity index is 1.71. The van der Waals surface area contributed by atoms with Gasteiger partial charge in [0.2, 0.25) is 5.82 Å². The first-order valence-electron chi connectivity index (χ1n) is 7.99. The topological polar surface area (TPSA) is 99.8 Å². The van der Waals surface area contributed by atoms with Crippen LogP contribution in [0, 0.1) is 13.8 Å². The fourth-order valence-electron chi connectivity index (χ4n) is 2.67. The molecule has 4 heterocycles. The first-order chi connectivity index (χ1) is 12.6. The van der Waals surface area contributed by atoms with Gasteiger partial charge in [0.1, 0.15) is 11.3 Å². The smallest absolute Gasteiger partial charge is 0.263 e. The third-order valence-corrected chi connectivity index (χ3v) is 4.12. The summed E-state index contributed by atoms with van der Waals surface area (Å²) >= 11 is 0. The molecule has 0 radical (unpaired) electrons. The van der Waals surface area contributed by atoms with E-state index in [0.29, 0.717) is 23.7 Å². The van der Waals surface area contributed by atoms with E-state index in [1.165, 1.54) is 0 Å². The zero-order valence-corrected chi connectivity index (χ0v) is 14.2. The minimum absolute atomic E-state index is 0.176. The molecule has 0 fully saturated rings. The Hall–Kier alpha value is -3.55. The van der Waals surface area contributed by atoms with E-state index < -0.39 is 0 Å². The van der Waals surface area contributed by atoms with Gasteiger partial charge < -0.3 is 13.6 Å². The number of rotatable bonds is 4. The van der Waals surface area contributed by atoms with Crippen LogP contribution in [-0.2, 0) is 6.54 Å². The lowest BCUT2D eigenvalue weighted by molar-refractivity contribution is 0.392. The second-order valence-corrected chi connectivity index (χ2v) is 5.82. The zero-order chi connectivity index (χ0) is 18.1. The van der Waals surface area contributed by atoms with Crippen molar-refractivity contribution in [1.82, 2.24) is 24.8 Å². The Morgan fingerprint density at radius 2 is 1.88 bits per heavy atom. The SMILES string of the molecule is Cc1noc(C)c1Cn1cccc(-c2nc(-c3ccncc3)no2)c1=O. The van der Waals surface area contributed by atoms with Gasteiger partial charge in [-0.25, -0.2) is 0 Å². The largest absolute Gasteiger partial charge is 0.361 e. The number of nitrogens with zero attached hydrogens (tertiary/aromatic N) is 5. The molecular weight excluding hydrogens is 334 g/mol. The van der Waals surface area contributed by atoms with Crippen LogP contribution < -0.4 is 5.56 Å². The first-order valence-corrected chi connectivity index (χ1v) is 7.99. The average Bonchev–Trinajstić information content (AvgIpc) is 3.26. The molecule has 4 aromatic rings. The van der Waals surface area contributed by atoms with Gasteiger partial charge in [-0.1, -0.05) is 10.3 Å². The van der Waals surface area contributed by atoms with Crippen molar-refractivity contribution in [2.45, 2.75) is 20.4 Å². The maximum absolute atomic E-state index is 12.8. The van der Waals surface area contributed by atoms with Crippen LogP contribution in [0.25, 0.3) is 22.8 Å². The van der Waals surface area contributed by atoms with Crippen molar-refractivity contribution in [2.75, 3.05) is 0 Å².